The van der Waals surface area contributed by atoms with E-state index in [-0.39, 0.29) is 17.6 Å². The first kappa shape index (κ1) is 18.1. The van der Waals surface area contributed by atoms with Crippen LogP contribution in [0.25, 0.3) is 0 Å². The Morgan fingerprint density at radius 2 is 1.65 bits per heavy atom. The molecule has 0 fully saturated rings. The summed E-state index contributed by atoms with van der Waals surface area (Å²) < 4.78 is 0. The van der Waals surface area contributed by atoms with Gasteiger partial charge in [0.05, 0.1) is 17.3 Å². The minimum atomic E-state index is -0.745. The molecule has 3 rings (SSSR count). The molecule has 0 radical (unpaired) electrons. The van der Waals surface area contributed by atoms with Gasteiger partial charge in [-0.15, -0.1) is 0 Å². The van der Waals surface area contributed by atoms with Crippen LogP contribution in [0, 0.1) is 5.92 Å². The zero-order valence-electron chi connectivity index (χ0n) is 15.4. The van der Waals surface area contributed by atoms with Gasteiger partial charge in [-0.05, 0) is 42.7 Å². The van der Waals surface area contributed by atoms with Gasteiger partial charge >= 0.3 is 0 Å². The van der Waals surface area contributed by atoms with Gasteiger partial charge in [0, 0.05) is 6.54 Å². The quantitative estimate of drug-likeness (QED) is 0.606. The normalized spacial score (nSPS) is 15.5. The maximum absolute atomic E-state index is 13.0. The van der Waals surface area contributed by atoms with Crippen molar-refractivity contribution in [3.63, 3.8) is 0 Å². The highest BCUT2D eigenvalue weighted by Gasteiger charge is 2.47. The third kappa shape index (κ3) is 3.34. The number of hydrogen-bond donors (Lipinski definition) is 4. The third-order valence-corrected chi connectivity index (χ3v) is 4.88. The van der Waals surface area contributed by atoms with Crippen LogP contribution in [-0.4, -0.2) is 17.6 Å². The molecule has 5 heteroatoms. The lowest BCUT2D eigenvalue weighted by molar-refractivity contribution is -0.126. The summed E-state index contributed by atoms with van der Waals surface area (Å²) in [7, 11) is 0. The van der Waals surface area contributed by atoms with Crippen molar-refractivity contribution < 1.29 is 9.90 Å². The maximum atomic E-state index is 13.0. The van der Waals surface area contributed by atoms with Gasteiger partial charge in [0.1, 0.15) is 11.4 Å². The van der Waals surface area contributed by atoms with Crippen LogP contribution < -0.4 is 16.0 Å². The minimum Gasteiger partial charge on any atom is -0.508 e. The lowest BCUT2D eigenvalue weighted by Crippen LogP contribution is -2.52. The van der Waals surface area contributed by atoms with Gasteiger partial charge in [-0.3, -0.25) is 4.79 Å². The molecule has 1 aliphatic rings. The van der Waals surface area contributed by atoms with Gasteiger partial charge < -0.3 is 21.1 Å². The topological polar surface area (TPSA) is 73.4 Å². The van der Waals surface area contributed by atoms with Crippen molar-refractivity contribution in [2.45, 2.75) is 38.8 Å². The number of benzene rings is 2. The molecule has 1 atom stereocenters. The summed E-state index contributed by atoms with van der Waals surface area (Å²) in [6, 6.07) is 15.1. The first-order valence-corrected chi connectivity index (χ1v) is 9.33. The van der Waals surface area contributed by atoms with Crippen LogP contribution in [0.15, 0.2) is 48.5 Å². The summed E-state index contributed by atoms with van der Waals surface area (Å²) in [6.07, 6.45) is 2.53. The molecular formula is C21H27N3O2. The van der Waals surface area contributed by atoms with Gasteiger partial charge in [-0.1, -0.05) is 44.5 Å². The smallest absolute Gasteiger partial charge is 0.227 e. The Hall–Kier alpha value is -2.69. The van der Waals surface area contributed by atoms with Crippen molar-refractivity contribution in [3.8, 4) is 5.75 Å². The number of rotatable bonds is 7. The van der Waals surface area contributed by atoms with Crippen molar-refractivity contribution in [3.05, 3.63) is 54.1 Å². The second-order valence-electron chi connectivity index (χ2n) is 6.78. The number of fused-ring (bicyclic) bond motifs is 1. The van der Waals surface area contributed by atoms with Crippen molar-refractivity contribution in [1.29, 1.82) is 0 Å². The SMILES string of the molecule is CCCNC(=O)C(CCC)C1(c2ccc(O)cc2)Nc2ccccc2N1. The molecule has 0 aromatic heterocycles. The number of amides is 1. The Kier molecular flexibility index (Phi) is 5.35. The number of carbonyl (C=O) groups excluding carboxylic acids is 1. The van der Waals surface area contributed by atoms with E-state index in [1.807, 2.05) is 43.3 Å². The number of anilines is 2. The van der Waals surface area contributed by atoms with Crippen LogP contribution in [0.2, 0.25) is 0 Å². The molecule has 0 aliphatic carbocycles. The summed E-state index contributed by atoms with van der Waals surface area (Å²) in [6.45, 7) is 4.80. The predicted molar refractivity (Wildman–Crippen MR) is 105 cm³/mol. The number of aromatic hydroxyl groups is 1. The Labute approximate surface area is 154 Å². The zero-order chi connectivity index (χ0) is 18.6. The number of para-hydroxylation sites is 2. The van der Waals surface area contributed by atoms with E-state index in [2.05, 4.69) is 22.9 Å². The standard InChI is InChI=1S/C21H27N3O2/c1-3-7-17(20(26)22-14-4-2)21(15-10-12-16(25)13-11-15)23-18-8-5-6-9-19(18)24-21/h5-6,8-13,17,23-25H,3-4,7,14H2,1-2H3,(H,22,26). The van der Waals surface area contributed by atoms with E-state index in [0.29, 0.717) is 6.54 Å². The number of carbonyl (C=O) groups is 1. The number of hydrogen-bond acceptors (Lipinski definition) is 4. The van der Waals surface area contributed by atoms with Crippen LogP contribution in [-0.2, 0) is 10.5 Å². The van der Waals surface area contributed by atoms with Gasteiger partial charge in [0.25, 0.3) is 0 Å². The second kappa shape index (κ2) is 7.68. The summed E-state index contributed by atoms with van der Waals surface area (Å²) in [5.74, 6) is -0.0486. The molecule has 4 N–H and O–H groups in total. The molecule has 1 unspecified atom stereocenters. The van der Waals surface area contributed by atoms with Gasteiger partial charge in [-0.25, -0.2) is 0 Å². The van der Waals surface area contributed by atoms with Crippen LogP contribution in [0.5, 0.6) is 5.75 Å². The first-order valence-electron chi connectivity index (χ1n) is 9.33. The zero-order valence-corrected chi connectivity index (χ0v) is 15.4. The predicted octanol–water partition coefficient (Wildman–Crippen LogP) is 4.03. The largest absolute Gasteiger partial charge is 0.508 e. The molecule has 1 aliphatic heterocycles. The summed E-state index contributed by atoms with van der Waals surface area (Å²) >= 11 is 0. The second-order valence-corrected chi connectivity index (χ2v) is 6.78. The average Bonchev–Trinajstić information content (AvgIpc) is 3.05. The van der Waals surface area contributed by atoms with E-state index < -0.39 is 5.66 Å². The van der Waals surface area contributed by atoms with E-state index >= 15 is 0 Å². The Bertz CT molecular complexity index is 733. The molecule has 2 aromatic carbocycles. The van der Waals surface area contributed by atoms with E-state index in [4.69, 9.17) is 0 Å². The van der Waals surface area contributed by atoms with Crippen LogP contribution >= 0.6 is 0 Å². The van der Waals surface area contributed by atoms with Crippen molar-refractivity contribution in [1.82, 2.24) is 5.32 Å². The van der Waals surface area contributed by atoms with Crippen LogP contribution in [0.4, 0.5) is 11.4 Å². The molecule has 1 heterocycles. The first-order chi connectivity index (χ1) is 12.6. The monoisotopic (exact) mass is 353 g/mol. The van der Waals surface area contributed by atoms with E-state index in [1.165, 1.54) is 0 Å². The average molecular weight is 353 g/mol. The minimum absolute atomic E-state index is 0.0366. The fourth-order valence-electron chi connectivity index (χ4n) is 3.61. The lowest BCUT2D eigenvalue weighted by atomic mass is 9.82. The highest BCUT2D eigenvalue weighted by Crippen LogP contribution is 2.45. The highest BCUT2D eigenvalue weighted by atomic mass is 16.3. The number of phenolic OH excluding ortho intramolecular Hbond substituents is 1. The molecular weight excluding hydrogens is 326 g/mol. The molecule has 0 saturated heterocycles. The van der Waals surface area contributed by atoms with E-state index in [0.717, 1.165) is 36.2 Å². The fraction of sp³-hybridized carbons (Fsp3) is 0.381. The summed E-state index contributed by atoms with van der Waals surface area (Å²) in [4.78, 5) is 13.0. The van der Waals surface area contributed by atoms with Crippen LogP contribution in [0.1, 0.15) is 38.7 Å². The molecule has 2 aromatic rings. The van der Waals surface area contributed by atoms with Crippen molar-refractivity contribution >= 4 is 17.3 Å². The summed E-state index contributed by atoms with van der Waals surface area (Å²) in [5.41, 5.74) is 2.14. The van der Waals surface area contributed by atoms with Gasteiger partial charge in [0.15, 0.2) is 0 Å². The molecule has 0 bridgehead atoms. The fourth-order valence-corrected chi connectivity index (χ4v) is 3.61. The number of phenols is 1. The molecule has 1 amide bonds. The maximum Gasteiger partial charge on any atom is 0.227 e. The molecule has 5 nitrogen and oxygen atoms in total. The van der Waals surface area contributed by atoms with Gasteiger partial charge in [0.2, 0.25) is 5.91 Å². The highest BCUT2D eigenvalue weighted by molar-refractivity contribution is 5.86. The Balaban J connectivity index is 2.05. The Morgan fingerprint density at radius 3 is 2.19 bits per heavy atom. The molecule has 0 spiro atoms. The van der Waals surface area contributed by atoms with E-state index in [1.54, 1.807) is 12.1 Å². The molecule has 0 saturated carbocycles. The van der Waals surface area contributed by atoms with Crippen molar-refractivity contribution in [2.75, 3.05) is 17.2 Å². The third-order valence-electron chi connectivity index (χ3n) is 4.88. The molecule has 26 heavy (non-hydrogen) atoms. The van der Waals surface area contributed by atoms with E-state index in [9.17, 15) is 9.90 Å². The lowest BCUT2D eigenvalue weighted by Gasteiger charge is -2.38. The van der Waals surface area contributed by atoms with Crippen molar-refractivity contribution in [2.24, 2.45) is 5.92 Å². The van der Waals surface area contributed by atoms with Crippen LogP contribution in [0.3, 0.4) is 0 Å². The number of nitrogens with one attached hydrogen (secondary N) is 3. The Morgan fingerprint density at radius 1 is 1.04 bits per heavy atom. The van der Waals surface area contributed by atoms with Gasteiger partial charge in [-0.2, -0.15) is 0 Å². The summed E-state index contributed by atoms with van der Waals surface area (Å²) in [5, 5.41) is 19.9. The molecule has 138 valence electrons.